The molecule has 0 saturated carbocycles. The van der Waals surface area contributed by atoms with Gasteiger partial charge in [0.25, 0.3) is 0 Å². The average Bonchev–Trinajstić information content (AvgIpc) is 3.17. The fraction of sp³-hybridized carbons (Fsp3) is 0.500. The summed E-state index contributed by atoms with van der Waals surface area (Å²) in [6.45, 7) is 6.92. The molecule has 2 heterocycles. The minimum absolute atomic E-state index is 0.648. The van der Waals surface area contributed by atoms with Gasteiger partial charge in [-0.05, 0) is 61.4 Å². The summed E-state index contributed by atoms with van der Waals surface area (Å²) in [7, 11) is 0. The van der Waals surface area contributed by atoms with E-state index >= 15 is 0 Å². The van der Waals surface area contributed by atoms with Crippen molar-refractivity contribution in [2.24, 2.45) is 5.92 Å². The van der Waals surface area contributed by atoms with Crippen molar-refractivity contribution in [2.75, 3.05) is 50.8 Å². The first-order valence-corrected chi connectivity index (χ1v) is 10.8. The lowest BCUT2D eigenvalue weighted by Gasteiger charge is -2.37. The van der Waals surface area contributed by atoms with Crippen molar-refractivity contribution in [1.29, 1.82) is 0 Å². The predicted molar refractivity (Wildman–Crippen MR) is 113 cm³/mol. The van der Waals surface area contributed by atoms with E-state index in [2.05, 4.69) is 46.2 Å². The molecule has 2 aliphatic heterocycles. The molecule has 3 aliphatic rings. The van der Waals surface area contributed by atoms with Crippen LogP contribution in [0.2, 0.25) is 0 Å². The van der Waals surface area contributed by atoms with Gasteiger partial charge in [0.1, 0.15) is 13.2 Å². The Morgan fingerprint density at radius 3 is 2.36 bits per heavy atom. The number of nitrogens with zero attached hydrogens (tertiary/aromatic N) is 2. The maximum absolute atomic E-state index is 5.90. The van der Waals surface area contributed by atoms with Gasteiger partial charge in [-0.1, -0.05) is 30.3 Å². The molecule has 2 aromatic carbocycles. The number of piperazine rings is 1. The van der Waals surface area contributed by atoms with Crippen molar-refractivity contribution in [1.82, 2.24) is 4.90 Å². The molecular weight excluding hydrogens is 348 g/mol. The van der Waals surface area contributed by atoms with Gasteiger partial charge >= 0.3 is 0 Å². The highest BCUT2D eigenvalue weighted by Crippen LogP contribution is 2.39. The van der Waals surface area contributed by atoms with Crippen molar-refractivity contribution in [3.05, 3.63) is 53.6 Å². The second-order valence-corrected chi connectivity index (χ2v) is 8.32. The zero-order valence-electron chi connectivity index (χ0n) is 16.6. The number of para-hydroxylation sites is 1. The third-order valence-electron chi connectivity index (χ3n) is 6.48. The fourth-order valence-corrected chi connectivity index (χ4v) is 4.98. The lowest BCUT2D eigenvalue weighted by molar-refractivity contribution is 0.171. The van der Waals surface area contributed by atoms with E-state index in [1.54, 1.807) is 11.1 Å². The van der Waals surface area contributed by atoms with Crippen molar-refractivity contribution in [2.45, 2.75) is 25.7 Å². The summed E-state index contributed by atoms with van der Waals surface area (Å²) >= 11 is 0. The Labute approximate surface area is 168 Å². The maximum Gasteiger partial charge on any atom is 0.184 e. The highest BCUT2D eigenvalue weighted by atomic mass is 16.6. The van der Waals surface area contributed by atoms with Gasteiger partial charge in [0.05, 0.1) is 5.69 Å². The number of hydrogen-bond acceptors (Lipinski definition) is 4. The Bertz CT molecular complexity index is 789. The lowest BCUT2D eigenvalue weighted by Crippen LogP contribution is -2.46. The molecule has 1 saturated heterocycles. The second kappa shape index (κ2) is 8.04. The van der Waals surface area contributed by atoms with Crippen LogP contribution in [-0.4, -0.2) is 50.8 Å². The summed E-state index contributed by atoms with van der Waals surface area (Å²) in [6.07, 6.45) is 5.24. The monoisotopic (exact) mass is 378 g/mol. The summed E-state index contributed by atoms with van der Waals surface area (Å²) < 4.78 is 11.6. The summed E-state index contributed by atoms with van der Waals surface area (Å²) in [5.74, 6) is 2.68. The van der Waals surface area contributed by atoms with E-state index in [1.165, 1.54) is 37.9 Å². The van der Waals surface area contributed by atoms with Crippen LogP contribution in [0.1, 0.15) is 24.0 Å². The number of fused-ring (bicyclic) bond motifs is 2. The first-order chi connectivity index (χ1) is 13.9. The van der Waals surface area contributed by atoms with Gasteiger partial charge < -0.3 is 14.4 Å². The molecule has 5 rings (SSSR count). The van der Waals surface area contributed by atoms with E-state index < -0.39 is 0 Å². The molecule has 1 aliphatic carbocycles. The molecule has 148 valence electrons. The quantitative estimate of drug-likeness (QED) is 0.791. The maximum atomic E-state index is 5.90. The lowest BCUT2D eigenvalue weighted by atomic mass is 10.00. The van der Waals surface area contributed by atoms with Gasteiger partial charge in [0.15, 0.2) is 11.5 Å². The first kappa shape index (κ1) is 17.9. The van der Waals surface area contributed by atoms with Gasteiger partial charge in [-0.3, -0.25) is 4.90 Å². The van der Waals surface area contributed by atoms with Crippen LogP contribution in [0.25, 0.3) is 0 Å². The molecule has 4 nitrogen and oxygen atoms in total. The van der Waals surface area contributed by atoms with Gasteiger partial charge in [0, 0.05) is 26.2 Å². The summed E-state index contributed by atoms with van der Waals surface area (Å²) in [5.41, 5.74) is 4.36. The van der Waals surface area contributed by atoms with E-state index in [-0.39, 0.29) is 0 Å². The Morgan fingerprint density at radius 2 is 1.57 bits per heavy atom. The highest BCUT2D eigenvalue weighted by molar-refractivity contribution is 5.65. The first-order valence-electron chi connectivity index (χ1n) is 10.8. The minimum Gasteiger partial charge on any atom is -0.486 e. The van der Waals surface area contributed by atoms with E-state index in [0.29, 0.717) is 13.2 Å². The van der Waals surface area contributed by atoms with Gasteiger partial charge in [-0.25, -0.2) is 0 Å². The van der Waals surface area contributed by atoms with Crippen LogP contribution in [0, 0.1) is 5.92 Å². The van der Waals surface area contributed by atoms with Crippen molar-refractivity contribution in [3.63, 3.8) is 0 Å². The third kappa shape index (κ3) is 3.70. The van der Waals surface area contributed by atoms with Crippen LogP contribution in [0.5, 0.6) is 11.5 Å². The van der Waals surface area contributed by atoms with Crippen LogP contribution in [0.15, 0.2) is 42.5 Å². The average molecular weight is 379 g/mol. The molecule has 4 heteroatoms. The molecule has 2 aromatic rings. The third-order valence-corrected chi connectivity index (χ3v) is 6.48. The molecule has 0 aromatic heterocycles. The number of benzene rings is 2. The van der Waals surface area contributed by atoms with Crippen LogP contribution in [0.4, 0.5) is 5.69 Å². The largest absolute Gasteiger partial charge is 0.486 e. The Morgan fingerprint density at radius 1 is 0.821 bits per heavy atom. The normalized spacial score (nSPS) is 19.6. The molecule has 28 heavy (non-hydrogen) atoms. The minimum atomic E-state index is 0.648. The Kier molecular flexibility index (Phi) is 5.13. The van der Waals surface area contributed by atoms with Crippen molar-refractivity contribution < 1.29 is 9.47 Å². The molecule has 1 fully saturated rings. The summed E-state index contributed by atoms with van der Waals surface area (Å²) in [4.78, 5) is 5.09. The SMILES string of the molecule is c1ccc2c(c1)CC(CCCN1CCN(c3cccc4c3OCCO4)CC1)C2. The fourth-order valence-electron chi connectivity index (χ4n) is 4.98. The molecular formula is C24H30N2O2. The molecule has 0 unspecified atom stereocenters. The van der Waals surface area contributed by atoms with E-state index in [1.807, 2.05) is 6.07 Å². The van der Waals surface area contributed by atoms with Crippen LogP contribution >= 0.6 is 0 Å². The molecule has 0 bridgehead atoms. The molecule has 0 amide bonds. The van der Waals surface area contributed by atoms with E-state index in [0.717, 1.165) is 43.6 Å². The zero-order valence-corrected chi connectivity index (χ0v) is 16.6. The number of hydrogen-bond donors (Lipinski definition) is 0. The summed E-state index contributed by atoms with van der Waals surface area (Å²) in [5, 5.41) is 0. The highest BCUT2D eigenvalue weighted by Gasteiger charge is 2.24. The van der Waals surface area contributed by atoms with E-state index in [9.17, 15) is 0 Å². The van der Waals surface area contributed by atoms with Crippen LogP contribution in [-0.2, 0) is 12.8 Å². The topological polar surface area (TPSA) is 24.9 Å². The molecule has 0 N–H and O–H groups in total. The molecule has 0 atom stereocenters. The number of anilines is 1. The Hall–Kier alpha value is -2.20. The molecule has 0 radical (unpaired) electrons. The predicted octanol–water partition coefficient (Wildman–Crippen LogP) is 3.78. The van der Waals surface area contributed by atoms with Crippen LogP contribution < -0.4 is 14.4 Å². The number of ether oxygens (including phenoxy) is 2. The smallest absolute Gasteiger partial charge is 0.184 e. The standard InChI is InChI=1S/C24H30N2O2/c1-2-7-21-18-19(17-20(21)6-1)5-4-10-25-11-13-26(14-12-25)22-8-3-9-23-24(22)28-16-15-27-23/h1-3,6-9,19H,4-5,10-18H2. The molecule has 0 spiro atoms. The number of rotatable bonds is 5. The zero-order chi connectivity index (χ0) is 18.8. The van der Waals surface area contributed by atoms with Gasteiger partial charge in [-0.2, -0.15) is 0 Å². The van der Waals surface area contributed by atoms with Gasteiger partial charge in [-0.15, -0.1) is 0 Å². The summed E-state index contributed by atoms with van der Waals surface area (Å²) in [6, 6.07) is 15.2. The van der Waals surface area contributed by atoms with E-state index in [4.69, 9.17) is 9.47 Å². The Balaban J connectivity index is 1.09. The van der Waals surface area contributed by atoms with Crippen molar-refractivity contribution in [3.8, 4) is 11.5 Å². The van der Waals surface area contributed by atoms with Crippen LogP contribution in [0.3, 0.4) is 0 Å². The van der Waals surface area contributed by atoms with Gasteiger partial charge in [0.2, 0.25) is 0 Å². The van der Waals surface area contributed by atoms with Crippen molar-refractivity contribution >= 4 is 5.69 Å². The second-order valence-electron chi connectivity index (χ2n) is 8.32.